The van der Waals surface area contributed by atoms with Crippen LogP contribution in [0.5, 0.6) is 5.75 Å². The minimum Gasteiger partial charge on any atom is -0.495 e. The van der Waals surface area contributed by atoms with Crippen molar-refractivity contribution in [3.63, 3.8) is 0 Å². The van der Waals surface area contributed by atoms with Crippen LogP contribution in [0.3, 0.4) is 0 Å². The highest BCUT2D eigenvalue weighted by Gasteiger charge is 2.17. The van der Waals surface area contributed by atoms with Gasteiger partial charge in [0.15, 0.2) is 5.78 Å². The maximum Gasteiger partial charge on any atom is 0.165 e. The Morgan fingerprint density at radius 3 is 3.00 bits per heavy atom. The molecule has 0 atom stereocenters. The molecule has 1 aliphatic rings. The Morgan fingerprint density at radius 1 is 1.47 bits per heavy atom. The number of methoxy groups -OCH3 is 1. The second kappa shape index (κ2) is 4.23. The van der Waals surface area contributed by atoms with Crippen LogP contribution in [-0.2, 0) is 0 Å². The molecule has 80 valence electrons. The third kappa shape index (κ3) is 2.00. The summed E-state index contributed by atoms with van der Waals surface area (Å²) >= 11 is 3.38. The molecule has 0 spiro atoms. The topological polar surface area (TPSA) is 38.3 Å². The molecule has 0 unspecified atom stereocenters. The van der Waals surface area contributed by atoms with E-state index in [1.807, 2.05) is 12.1 Å². The fourth-order valence-corrected chi connectivity index (χ4v) is 2.20. The Morgan fingerprint density at radius 2 is 2.27 bits per heavy atom. The van der Waals surface area contributed by atoms with Gasteiger partial charge in [0.2, 0.25) is 0 Å². The number of hydrogen-bond donors (Lipinski definition) is 1. The monoisotopic (exact) mass is 269 g/mol. The molecule has 1 aromatic carbocycles. The number of carbonyl (C=O) groups excluding carboxylic acids is 1. The van der Waals surface area contributed by atoms with E-state index in [0.717, 1.165) is 34.4 Å². The molecule has 15 heavy (non-hydrogen) atoms. The summed E-state index contributed by atoms with van der Waals surface area (Å²) in [5.74, 6) is 0.939. The number of ether oxygens (including phenoxy) is 1. The van der Waals surface area contributed by atoms with Crippen LogP contribution in [-0.4, -0.2) is 19.4 Å². The zero-order valence-electron chi connectivity index (χ0n) is 8.47. The maximum absolute atomic E-state index is 11.8. The smallest absolute Gasteiger partial charge is 0.165 e. The molecule has 3 nitrogen and oxygen atoms in total. The van der Waals surface area contributed by atoms with Gasteiger partial charge in [-0.25, -0.2) is 0 Å². The minimum absolute atomic E-state index is 0.193. The van der Waals surface area contributed by atoms with E-state index >= 15 is 0 Å². The second-order valence-corrected chi connectivity index (χ2v) is 4.34. The zero-order chi connectivity index (χ0) is 10.8. The summed E-state index contributed by atoms with van der Waals surface area (Å²) in [4.78, 5) is 11.8. The normalized spacial score (nSPS) is 15.2. The van der Waals surface area contributed by atoms with Gasteiger partial charge in [-0.05, 0) is 28.4 Å². The van der Waals surface area contributed by atoms with Gasteiger partial charge < -0.3 is 10.1 Å². The largest absolute Gasteiger partial charge is 0.495 e. The van der Waals surface area contributed by atoms with Crippen molar-refractivity contribution >= 4 is 27.4 Å². The molecule has 0 radical (unpaired) electrons. The Kier molecular flexibility index (Phi) is 2.95. The molecular weight excluding hydrogens is 258 g/mol. The average Bonchev–Trinajstić information content (AvgIpc) is 2.40. The molecule has 0 aromatic heterocycles. The van der Waals surface area contributed by atoms with E-state index in [1.54, 1.807) is 7.11 Å². The van der Waals surface area contributed by atoms with Crippen molar-refractivity contribution in [2.75, 3.05) is 19.0 Å². The lowest BCUT2D eigenvalue weighted by atomic mass is 10.1. The van der Waals surface area contributed by atoms with Gasteiger partial charge in [0, 0.05) is 30.3 Å². The molecule has 1 aliphatic heterocycles. The van der Waals surface area contributed by atoms with Gasteiger partial charge in [-0.15, -0.1) is 0 Å². The molecule has 0 saturated carbocycles. The van der Waals surface area contributed by atoms with Crippen LogP contribution < -0.4 is 10.1 Å². The zero-order valence-corrected chi connectivity index (χ0v) is 10.1. The van der Waals surface area contributed by atoms with E-state index in [2.05, 4.69) is 21.2 Å². The first-order chi connectivity index (χ1) is 7.22. The summed E-state index contributed by atoms with van der Waals surface area (Å²) in [5, 5.41) is 3.24. The number of nitrogens with one attached hydrogen (secondary N) is 1. The van der Waals surface area contributed by atoms with Crippen molar-refractivity contribution in [3.8, 4) is 5.75 Å². The van der Waals surface area contributed by atoms with E-state index in [9.17, 15) is 4.79 Å². The van der Waals surface area contributed by atoms with Gasteiger partial charge in [0.05, 0.1) is 11.6 Å². The van der Waals surface area contributed by atoms with E-state index in [0.29, 0.717) is 6.42 Å². The third-order valence-corrected chi connectivity index (χ3v) is 3.11. The summed E-state index contributed by atoms with van der Waals surface area (Å²) in [5.41, 5.74) is 1.62. The Balaban J connectivity index is 2.51. The van der Waals surface area contributed by atoms with Crippen LogP contribution in [0.4, 0.5) is 5.69 Å². The van der Waals surface area contributed by atoms with E-state index in [1.165, 1.54) is 0 Å². The van der Waals surface area contributed by atoms with Crippen LogP contribution in [0.2, 0.25) is 0 Å². The molecule has 1 aromatic rings. The van der Waals surface area contributed by atoms with Crippen LogP contribution >= 0.6 is 15.9 Å². The first-order valence-corrected chi connectivity index (χ1v) is 5.66. The predicted octanol–water partition coefficient (Wildman–Crippen LogP) is 2.85. The number of ketones is 1. The SMILES string of the molecule is COc1cc2c(cc1Br)C(=O)CCCN2. The Hall–Kier alpha value is -1.03. The number of anilines is 1. The van der Waals surface area contributed by atoms with Crippen LogP contribution in [0.25, 0.3) is 0 Å². The summed E-state index contributed by atoms with van der Waals surface area (Å²) < 4.78 is 6.01. The Bertz CT molecular complexity index is 404. The molecule has 0 bridgehead atoms. The molecule has 1 N–H and O–H groups in total. The second-order valence-electron chi connectivity index (χ2n) is 3.49. The quantitative estimate of drug-likeness (QED) is 0.852. The van der Waals surface area contributed by atoms with Gasteiger partial charge in [-0.2, -0.15) is 0 Å². The molecule has 0 fully saturated rings. The third-order valence-electron chi connectivity index (χ3n) is 2.49. The molecule has 1 heterocycles. The van der Waals surface area contributed by atoms with Crippen LogP contribution in [0.1, 0.15) is 23.2 Å². The fourth-order valence-electron chi connectivity index (χ4n) is 1.69. The number of rotatable bonds is 1. The number of fused-ring (bicyclic) bond motifs is 1. The molecular formula is C11H12BrNO2. The van der Waals surface area contributed by atoms with E-state index in [-0.39, 0.29) is 5.78 Å². The lowest BCUT2D eigenvalue weighted by Gasteiger charge is -2.10. The summed E-state index contributed by atoms with van der Waals surface area (Å²) in [6.07, 6.45) is 1.49. The average molecular weight is 270 g/mol. The van der Waals surface area contributed by atoms with Crippen molar-refractivity contribution in [2.45, 2.75) is 12.8 Å². The van der Waals surface area contributed by atoms with Gasteiger partial charge in [0.25, 0.3) is 0 Å². The molecule has 0 saturated heterocycles. The number of hydrogen-bond acceptors (Lipinski definition) is 3. The number of benzene rings is 1. The summed E-state index contributed by atoms with van der Waals surface area (Å²) in [7, 11) is 1.62. The van der Waals surface area contributed by atoms with Gasteiger partial charge >= 0.3 is 0 Å². The van der Waals surface area contributed by atoms with Gasteiger partial charge in [-0.3, -0.25) is 4.79 Å². The van der Waals surface area contributed by atoms with E-state index in [4.69, 9.17) is 4.74 Å². The van der Waals surface area contributed by atoms with Crippen molar-refractivity contribution in [3.05, 3.63) is 22.2 Å². The molecule has 2 rings (SSSR count). The number of halogens is 1. The maximum atomic E-state index is 11.8. The van der Waals surface area contributed by atoms with Gasteiger partial charge in [0.1, 0.15) is 5.75 Å². The lowest BCUT2D eigenvalue weighted by molar-refractivity contribution is 0.0983. The lowest BCUT2D eigenvalue weighted by Crippen LogP contribution is -2.01. The molecule has 4 heteroatoms. The first-order valence-electron chi connectivity index (χ1n) is 4.87. The van der Waals surface area contributed by atoms with Crippen LogP contribution in [0, 0.1) is 0 Å². The highest BCUT2D eigenvalue weighted by Crippen LogP contribution is 2.33. The fraction of sp³-hybridized carbons (Fsp3) is 0.364. The minimum atomic E-state index is 0.193. The molecule has 0 aliphatic carbocycles. The van der Waals surface area contributed by atoms with Crippen molar-refractivity contribution in [1.29, 1.82) is 0 Å². The van der Waals surface area contributed by atoms with Crippen LogP contribution in [0.15, 0.2) is 16.6 Å². The van der Waals surface area contributed by atoms with Crippen molar-refractivity contribution in [1.82, 2.24) is 0 Å². The van der Waals surface area contributed by atoms with E-state index < -0.39 is 0 Å². The number of Topliss-reactive ketones (excluding diaryl/α,β-unsaturated/α-hetero) is 1. The Labute approximate surface area is 96.9 Å². The molecule has 0 amide bonds. The van der Waals surface area contributed by atoms with Crippen molar-refractivity contribution < 1.29 is 9.53 Å². The standard InChI is InChI=1S/C11H12BrNO2/c1-15-11-6-9-7(5-8(11)12)10(14)3-2-4-13-9/h5-6,13H,2-4H2,1H3. The first kappa shape index (κ1) is 10.5. The highest BCUT2D eigenvalue weighted by atomic mass is 79.9. The van der Waals surface area contributed by atoms with Gasteiger partial charge in [-0.1, -0.05) is 0 Å². The predicted molar refractivity (Wildman–Crippen MR) is 62.7 cm³/mol. The summed E-state index contributed by atoms with van der Waals surface area (Å²) in [6, 6.07) is 3.69. The van der Waals surface area contributed by atoms with Crippen molar-refractivity contribution in [2.24, 2.45) is 0 Å². The summed E-state index contributed by atoms with van der Waals surface area (Å²) in [6.45, 7) is 0.837. The number of carbonyl (C=O) groups is 1. The highest BCUT2D eigenvalue weighted by molar-refractivity contribution is 9.10.